The first kappa shape index (κ1) is 44.8. The highest BCUT2D eigenvalue weighted by Gasteiger charge is 2.17. The third-order valence-corrected chi connectivity index (χ3v) is 10.1. The van der Waals surface area contributed by atoms with E-state index in [0.717, 1.165) is 47.3 Å². The van der Waals surface area contributed by atoms with Crippen LogP contribution in [0.2, 0.25) is 0 Å². The summed E-state index contributed by atoms with van der Waals surface area (Å²) in [6, 6.07) is 18.5. The van der Waals surface area contributed by atoms with Gasteiger partial charge in [0.2, 0.25) is 0 Å². The maximum Gasteiger partial charge on any atom is 0.343 e. The topological polar surface area (TPSA) is 71.1 Å². The third kappa shape index (κ3) is 17.7. The standard InChI is InChI=1S/C48H70O6/c1-6-8-10-12-14-16-18-20-22-24-34-51-40(5)47(49)53-44-30-26-41(27-31-44)42-28-32-45(33-29-42)54-48(50)43-36-38(3)46(39(4)37-43)52-35-25-23-21-19-17-15-13-11-9-7-2/h26-33,36-37,40H,6-25,34-35H2,1-5H3/t40-/m0/s1. The molecule has 0 aliphatic heterocycles. The largest absolute Gasteiger partial charge is 0.493 e. The summed E-state index contributed by atoms with van der Waals surface area (Å²) in [5, 5.41) is 0. The van der Waals surface area contributed by atoms with Gasteiger partial charge < -0.3 is 18.9 Å². The SMILES string of the molecule is CCCCCCCCCCCCOc1c(C)cc(C(=O)Oc2ccc(-c3ccc(OC(=O)[C@H](C)OCCCCCCCCCCCC)cc3)cc2)cc1C. The Morgan fingerprint density at radius 2 is 0.907 bits per heavy atom. The van der Waals surface area contributed by atoms with E-state index in [-0.39, 0.29) is 0 Å². The van der Waals surface area contributed by atoms with E-state index in [4.69, 9.17) is 18.9 Å². The molecule has 3 aromatic rings. The lowest BCUT2D eigenvalue weighted by Gasteiger charge is -2.14. The number of ether oxygens (including phenoxy) is 4. The van der Waals surface area contributed by atoms with Gasteiger partial charge in [0.05, 0.1) is 12.2 Å². The van der Waals surface area contributed by atoms with Gasteiger partial charge in [-0.05, 0) is 92.3 Å². The summed E-state index contributed by atoms with van der Waals surface area (Å²) >= 11 is 0. The van der Waals surface area contributed by atoms with Crippen molar-refractivity contribution in [3.8, 4) is 28.4 Å². The summed E-state index contributed by atoms with van der Waals surface area (Å²) < 4.78 is 23.2. The number of hydrogen-bond donors (Lipinski definition) is 0. The quantitative estimate of drug-likeness (QED) is 0.0401. The first-order valence-electron chi connectivity index (χ1n) is 21.3. The molecule has 0 saturated carbocycles. The number of carbonyl (C=O) groups is 2. The van der Waals surface area contributed by atoms with Crippen LogP contribution in [0.3, 0.4) is 0 Å². The van der Waals surface area contributed by atoms with Crippen molar-refractivity contribution in [2.75, 3.05) is 13.2 Å². The summed E-state index contributed by atoms with van der Waals surface area (Å²) in [5.74, 6) is 1.01. The zero-order chi connectivity index (χ0) is 38.8. The van der Waals surface area contributed by atoms with E-state index in [9.17, 15) is 9.59 Å². The van der Waals surface area contributed by atoms with Gasteiger partial charge in [0.25, 0.3) is 0 Å². The second-order valence-corrected chi connectivity index (χ2v) is 15.0. The van der Waals surface area contributed by atoms with Gasteiger partial charge in [0.1, 0.15) is 17.2 Å². The van der Waals surface area contributed by atoms with E-state index < -0.39 is 18.0 Å². The summed E-state index contributed by atoms with van der Waals surface area (Å²) in [6.45, 7) is 11.5. The van der Waals surface area contributed by atoms with Gasteiger partial charge >= 0.3 is 11.9 Å². The summed E-state index contributed by atoms with van der Waals surface area (Å²) in [7, 11) is 0. The Labute approximate surface area is 327 Å². The Bertz CT molecular complexity index is 1440. The molecule has 0 aromatic heterocycles. The van der Waals surface area contributed by atoms with Crippen molar-refractivity contribution >= 4 is 11.9 Å². The van der Waals surface area contributed by atoms with Crippen molar-refractivity contribution < 1.29 is 28.5 Å². The average molecular weight is 743 g/mol. The second-order valence-electron chi connectivity index (χ2n) is 15.0. The zero-order valence-electron chi connectivity index (χ0n) is 34.4. The normalized spacial score (nSPS) is 11.7. The molecule has 0 bridgehead atoms. The Morgan fingerprint density at radius 1 is 0.519 bits per heavy atom. The maximum atomic E-state index is 13.1. The lowest BCUT2D eigenvalue weighted by atomic mass is 10.0. The van der Waals surface area contributed by atoms with E-state index in [1.54, 1.807) is 31.2 Å². The molecule has 0 fully saturated rings. The highest BCUT2D eigenvalue weighted by atomic mass is 16.6. The Balaban J connectivity index is 1.35. The minimum Gasteiger partial charge on any atom is -0.493 e. The molecule has 3 aromatic carbocycles. The van der Waals surface area contributed by atoms with Gasteiger partial charge in [-0.15, -0.1) is 0 Å². The number of carbonyl (C=O) groups excluding carboxylic acids is 2. The molecule has 298 valence electrons. The summed E-state index contributed by atoms with van der Waals surface area (Å²) in [5.41, 5.74) is 4.28. The van der Waals surface area contributed by atoms with Crippen LogP contribution in [0.1, 0.15) is 171 Å². The smallest absolute Gasteiger partial charge is 0.343 e. The molecule has 6 nitrogen and oxygen atoms in total. The molecule has 0 unspecified atom stereocenters. The van der Waals surface area contributed by atoms with Crippen molar-refractivity contribution in [2.24, 2.45) is 0 Å². The Kier molecular flexibility index (Phi) is 22.4. The number of hydrogen-bond acceptors (Lipinski definition) is 6. The van der Waals surface area contributed by atoms with Crippen LogP contribution in [0, 0.1) is 13.8 Å². The van der Waals surface area contributed by atoms with Crippen LogP contribution in [0.25, 0.3) is 11.1 Å². The number of unbranched alkanes of at least 4 members (excludes halogenated alkanes) is 18. The first-order valence-corrected chi connectivity index (χ1v) is 21.3. The highest BCUT2D eigenvalue weighted by molar-refractivity contribution is 5.92. The molecule has 1 atom stereocenters. The third-order valence-electron chi connectivity index (χ3n) is 10.1. The number of benzene rings is 3. The molecule has 0 N–H and O–H groups in total. The molecule has 3 rings (SSSR count). The first-order chi connectivity index (χ1) is 26.3. The lowest BCUT2D eigenvalue weighted by molar-refractivity contribution is -0.146. The Morgan fingerprint density at radius 3 is 1.35 bits per heavy atom. The van der Waals surface area contributed by atoms with Crippen molar-refractivity contribution in [3.63, 3.8) is 0 Å². The molecule has 0 amide bonds. The fourth-order valence-corrected chi connectivity index (χ4v) is 6.77. The molecule has 54 heavy (non-hydrogen) atoms. The van der Waals surface area contributed by atoms with Gasteiger partial charge in [-0.3, -0.25) is 0 Å². The van der Waals surface area contributed by atoms with E-state index >= 15 is 0 Å². The fourth-order valence-electron chi connectivity index (χ4n) is 6.77. The minimum absolute atomic E-state index is 0.391. The van der Waals surface area contributed by atoms with Crippen molar-refractivity contribution in [2.45, 2.75) is 169 Å². The average Bonchev–Trinajstić information content (AvgIpc) is 3.17. The van der Waals surface area contributed by atoms with Gasteiger partial charge in [0, 0.05) is 6.61 Å². The number of rotatable bonds is 29. The van der Waals surface area contributed by atoms with Crippen molar-refractivity contribution in [1.82, 2.24) is 0 Å². The van der Waals surface area contributed by atoms with Crippen molar-refractivity contribution in [3.05, 3.63) is 77.4 Å². The molecule has 0 radical (unpaired) electrons. The van der Waals surface area contributed by atoms with Crippen LogP contribution < -0.4 is 14.2 Å². The highest BCUT2D eigenvalue weighted by Crippen LogP contribution is 2.28. The molecule has 6 heteroatoms. The monoisotopic (exact) mass is 743 g/mol. The molecule has 0 heterocycles. The van der Waals surface area contributed by atoms with Crippen LogP contribution in [0.15, 0.2) is 60.7 Å². The van der Waals surface area contributed by atoms with E-state index in [0.29, 0.717) is 30.3 Å². The molecule has 0 aliphatic carbocycles. The summed E-state index contributed by atoms with van der Waals surface area (Å²) in [6.07, 6.45) is 24.9. The maximum absolute atomic E-state index is 13.1. The van der Waals surface area contributed by atoms with Crippen LogP contribution in [-0.2, 0) is 9.53 Å². The molecule has 0 aliphatic rings. The van der Waals surface area contributed by atoms with E-state index in [1.165, 1.54) is 109 Å². The van der Waals surface area contributed by atoms with Gasteiger partial charge in [-0.25, -0.2) is 9.59 Å². The van der Waals surface area contributed by atoms with Crippen LogP contribution in [0.4, 0.5) is 0 Å². The zero-order valence-corrected chi connectivity index (χ0v) is 34.4. The van der Waals surface area contributed by atoms with Gasteiger partial charge in [0.15, 0.2) is 6.10 Å². The van der Waals surface area contributed by atoms with Gasteiger partial charge in [-0.1, -0.05) is 154 Å². The molecular weight excluding hydrogens is 673 g/mol. The minimum atomic E-state index is -0.614. The van der Waals surface area contributed by atoms with Crippen LogP contribution in [-0.4, -0.2) is 31.3 Å². The molecular formula is C48H70O6. The molecule has 0 saturated heterocycles. The van der Waals surface area contributed by atoms with Gasteiger partial charge in [-0.2, -0.15) is 0 Å². The predicted octanol–water partition coefficient (Wildman–Crippen LogP) is 13.7. The number of aryl methyl sites for hydroxylation is 2. The van der Waals surface area contributed by atoms with Crippen LogP contribution >= 0.6 is 0 Å². The lowest BCUT2D eigenvalue weighted by Crippen LogP contribution is -2.26. The Hall–Kier alpha value is -3.64. The van der Waals surface area contributed by atoms with Crippen LogP contribution in [0.5, 0.6) is 17.2 Å². The summed E-state index contributed by atoms with van der Waals surface area (Å²) in [4.78, 5) is 25.6. The second kappa shape index (κ2) is 27.0. The molecule has 0 spiro atoms. The number of esters is 2. The van der Waals surface area contributed by atoms with E-state index in [1.807, 2.05) is 50.2 Å². The fraction of sp³-hybridized carbons (Fsp3) is 0.583. The van der Waals surface area contributed by atoms with E-state index in [2.05, 4.69) is 13.8 Å². The van der Waals surface area contributed by atoms with Crippen molar-refractivity contribution in [1.29, 1.82) is 0 Å². The predicted molar refractivity (Wildman–Crippen MR) is 223 cm³/mol.